The lowest BCUT2D eigenvalue weighted by Crippen LogP contribution is -2.33. The zero-order valence-corrected chi connectivity index (χ0v) is 12.5. The van der Waals surface area contributed by atoms with Crippen LogP contribution in [0.4, 0.5) is 0 Å². The van der Waals surface area contributed by atoms with Crippen LogP contribution < -0.4 is 0 Å². The van der Waals surface area contributed by atoms with E-state index in [0.717, 1.165) is 39.2 Å². The van der Waals surface area contributed by atoms with E-state index in [0.29, 0.717) is 12.0 Å². The molecule has 108 valence electrons. The Hall–Kier alpha value is -0.120. The van der Waals surface area contributed by atoms with Gasteiger partial charge in [-0.05, 0) is 44.7 Å². The highest BCUT2D eigenvalue weighted by Crippen LogP contribution is 2.14. The van der Waals surface area contributed by atoms with E-state index in [1.807, 2.05) is 0 Å². The van der Waals surface area contributed by atoms with Crippen LogP contribution in [0.1, 0.15) is 46.5 Å². The summed E-state index contributed by atoms with van der Waals surface area (Å²) in [4.78, 5) is 2.54. The molecule has 0 aromatic heterocycles. The van der Waals surface area contributed by atoms with Crippen molar-refractivity contribution in [3.8, 4) is 0 Å². The first-order valence-corrected chi connectivity index (χ1v) is 7.64. The maximum atomic E-state index is 5.99. The Labute approximate surface area is 113 Å². The summed E-state index contributed by atoms with van der Waals surface area (Å²) in [6.45, 7) is 12.6. The molecule has 0 N–H and O–H groups in total. The second-order valence-electron chi connectivity index (χ2n) is 5.74. The molecule has 0 radical (unpaired) electrons. The normalized spacial score (nSPS) is 18.7. The number of rotatable bonds is 10. The molecule has 0 spiro atoms. The molecule has 1 rings (SSSR count). The second-order valence-corrected chi connectivity index (χ2v) is 5.74. The Kier molecular flexibility index (Phi) is 8.64. The molecule has 1 fully saturated rings. The summed E-state index contributed by atoms with van der Waals surface area (Å²) >= 11 is 0. The first-order valence-electron chi connectivity index (χ1n) is 7.64. The number of likely N-dealkylation sites (tertiary alicyclic amines) is 1. The summed E-state index contributed by atoms with van der Waals surface area (Å²) in [5, 5.41) is 0. The van der Waals surface area contributed by atoms with Gasteiger partial charge in [-0.1, -0.05) is 20.8 Å². The topological polar surface area (TPSA) is 21.7 Å². The molecule has 1 saturated heterocycles. The first-order chi connectivity index (χ1) is 8.72. The summed E-state index contributed by atoms with van der Waals surface area (Å²) in [7, 11) is 0. The van der Waals surface area contributed by atoms with Crippen LogP contribution in [0.25, 0.3) is 0 Å². The van der Waals surface area contributed by atoms with Crippen LogP contribution in [0.3, 0.4) is 0 Å². The molecule has 1 unspecified atom stereocenters. The van der Waals surface area contributed by atoms with Gasteiger partial charge in [0.2, 0.25) is 0 Å². The van der Waals surface area contributed by atoms with E-state index in [1.165, 1.54) is 25.9 Å². The summed E-state index contributed by atoms with van der Waals surface area (Å²) in [5.74, 6) is 0.703. The molecule has 1 aliphatic heterocycles. The minimum Gasteiger partial charge on any atom is -0.379 e. The van der Waals surface area contributed by atoms with Crippen molar-refractivity contribution in [3.05, 3.63) is 0 Å². The lowest BCUT2D eigenvalue weighted by molar-refractivity contribution is -0.0156. The van der Waals surface area contributed by atoms with Gasteiger partial charge in [-0.2, -0.15) is 0 Å². The third-order valence-corrected chi connectivity index (χ3v) is 3.32. The van der Waals surface area contributed by atoms with Crippen molar-refractivity contribution in [1.29, 1.82) is 0 Å². The summed E-state index contributed by atoms with van der Waals surface area (Å²) in [6, 6.07) is 0. The Balaban J connectivity index is 2.17. The molecule has 18 heavy (non-hydrogen) atoms. The molecule has 1 aliphatic rings. The van der Waals surface area contributed by atoms with Gasteiger partial charge in [0.05, 0.1) is 19.3 Å². The van der Waals surface area contributed by atoms with Crippen LogP contribution in [-0.4, -0.2) is 50.5 Å². The molecule has 0 saturated carbocycles. The van der Waals surface area contributed by atoms with Crippen LogP contribution in [0.2, 0.25) is 0 Å². The van der Waals surface area contributed by atoms with Crippen molar-refractivity contribution in [3.63, 3.8) is 0 Å². The zero-order valence-electron chi connectivity index (χ0n) is 12.5. The summed E-state index contributed by atoms with van der Waals surface area (Å²) in [5.41, 5.74) is 0. The molecular weight excluding hydrogens is 226 g/mol. The summed E-state index contributed by atoms with van der Waals surface area (Å²) < 4.78 is 11.5. The zero-order chi connectivity index (χ0) is 13.2. The van der Waals surface area contributed by atoms with E-state index < -0.39 is 0 Å². The lowest BCUT2D eigenvalue weighted by Gasteiger charge is -2.25. The van der Waals surface area contributed by atoms with Crippen LogP contribution in [0.15, 0.2) is 0 Å². The van der Waals surface area contributed by atoms with Crippen molar-refractivity contribution in [2.75, 3.05) is 39.5 Å². The van der Waals surface area contributed by atoms with Gasteiger partial charge < -0.3 is 14.4 Å². The van der Waals surface area contributed by atoms with Crippen LogP contribution in [0, 0.1) is 5.92 Å². The maximum Gasteiger partial charge on any atom is 0.0705 e. The SMILES string of the molecule is CCCOCCOC(CC(C)C)CN1CCCC1. The van der Waals surface area contributed by atoms with E-state index in [9.17, 15) is 0 Å². The molecule has 0 bridgehead atoms. The van der Waals surface area contributed by atoms with Crippen LogP contribution in [-0.2, 0) is 9.47 Å². The van der Waals surface area contributed by atoms with Crippen molar-refractivity contribution in [2.45, 2.75) is 52.6 Å². The quantitative estimate of drug-likeness (QED) is 0.562. The Morgan fingerprint density at radius 2 is 1.78 bits per heavy atom. The van der Waals surface area contributed by atoms with Crippen molar-refractivity contribution in [2.24, 2.45) is 5.92 Å². The van der Waals surface area contributed by atoms with Crippen molar-refractivity contribution < 1.29 is 9.47 Å². The molecule has 3 nitrogen and oxygen atoms in total. The molecule has 0 aromatic rings. The van der Waals surface area contributed by atoms with Crippen molar-refractivity contribution >= 4 is 0 Å². The van der Waals surface area contributed by atoms with Crippen LogP contribution >= 0.6 is 0 Å². The Morgan fingerprint density at radius 1 is 1.06 bits per heavy atom. The fraction of sp³-hybridized carbons (Fsp3) is 1.00. The van der Waals surface area contributed by atoms with E-state index in [2.05, 4.69) is 25.7 Å². The minimum absolute atomic E-state index is 0.383. The van der Waals surface area contributed by atoms with Gasteiger partial charge in [-0.15, -0.1) is 0 Å². The Bertz CT molecular complexity index is 191. The molecule has 0 aliphatic carbocycles. The van der Waals surface area contributed by atoms with Gasteiger partial charge in [0, 0.05) is 13.2 Å². The highest BCUT2D eigenvalue weighted by Gasteiger charge is 2.18. The largest absolute Gasteiger partial charge is 0.379 e. The number of hydrogen-bond acceptors (Lipinski definition) is 3. The predicted octanol–water partition coefficient (Wildman–Crippen LogP) is 2.94. The third-order valence-electron chi connectivity index (χ3n) is 3.32. The lowest BCUT2D eigenvalue weighted by atomic mass is 10.1. The van der Waals surface area contributed by atoms with Gasteiger partial charge in [-0.25, -0.2) is 0 Å². The smallest absolute Gasteiger partial charge is 0.0705 e. The number of ether oxygens (including phenoxy) is 2. The maximum absolute atomic E-state index is 5.99. The van der Waals surface area contributed by atoms with Gasteiger partial charge in [0.25, 0.3) is 0 Å². The highest BCUT2D eigenvalue weighted by atomic mass is 16.5. The highest BCUT2D eigenvalue weighted by molar-refractivity contribution is 4.72. The van der Waals surface area contributed by atoms with Crippen molar-refractivity contribution in [1.82, 2.24) is 4.90 Å². The molecule has 0 aromatic carbocycles. The van der Waals surface area contributed by atoms with E-state index in [-0.39, 0.29) is 0 Å². The average molecular weight is 257 g/mol. The minimum atomic E-state index is 0.383. The number of hydrogen-bond donors (Lipinski definition) is 0. The van der Waals surface area contributed by atoms with Gasteiger partial charge >= 0.3 is 0 Å². The first kappa shape index (κ1) is 15.9. The van der Waals surface area contributed by atoms with Gasteiger partial charge in [-0.3, -0.25) is 0 Å². The Morgan fingerprint density at radius 3 is 2.39 bits per heavy atom. The monoisotopic (exact) mass is 257 g/mol. The summed E-state index contributed by atoms with van der Waals surface area (Å²) in [6.07, 6.45) is 5.34. The average Bonchev–Trinajstić information content (AvgIpc) is 2.80. The second kappa shape index (κ2) is 9.76. The van der Waals surface area contributed by atoms with E-state index in [4.69, 9.17) is 9.47 Å². The molecule has 0 amide bonds. The van der Waals surface area contributed by atoms with E-state index in [1.54, 1.807) is 0 Å². The van der Waals surface area contributed by atoms with E-state index >= 15 is 0 Å². The van der Waals surface area contributed by atoms with Gasteiger partial charge in [0.15, 0.2) is 0 Å². The van der Waals surface area contributed by atoms with Gasteiger partial charge in [0.1, 0.15) is 0 Å². The molecule has 1 heterocycles. The fourth-order valence-corrected chi connectivity index (χ4v) is 2.49. The standard InChI is InChI=1S/C15H31NO2/c1-4-9-17-10-11-18-15(12-14(2)3)13-16-7-5-6-8-16/h14-15H,4-13H2,1-3H3. The predicted molar refractivity (Wildman–Crippen MR) is 76.0 cm³/mol. The fourth-order valence-electron chi connectivity index (χ4n) is 2.49. The third kappa shape index (κ3) is 7.34. The number of nitrogens with zero attached hydrogens (tertiary/aromatic N) is 1. The molecule has 3 heteroatoms. The van der Waals surface area contributed by atoms with Crippen LogP contribution in [0.5, 0.6) is 0 Å². The molecule has 1 atom stereocenters. The molecular formula is C15H31NO2.